The second kappa shape index (κ2) is 18.1. The third-order valence-corrected chi connectivity index (χ3v) is 4.56. The summed E-state index contributed by atoms with van der Waals surface area (Å²) in [6.07, 6.45) is 8.29. The summed E-state index contributed by atoms with van der Waals surface area (Å²) in [6.45, 7) is 1.50. The van der Waals surface area contributed by atoms with Crippen LogP contribution in [0.5, 0.6) is 0 Å². The molecule has 0 rings (SSSR count). The van der Waals surface area contributed by atoms with E-state index in [0.717, 1.165) is 44.9 Å². The first-order valence-corrected chi connectivity index (χ1v) is 10.6. The van der Waals surface area contributed by atoms with Crippen molar-refractivity contribution in [1.82, 2.24) is 0 Å². The lowest BCUT2D eigenvalue weighted by molar-refractivity contribution is -0.147. The van der Waals surface area contributed by atoms with Crippen molar-refractivity contribution < 1.29 is 35.1 Å². The summed E-state index contributed by atoms with van der Waals surface area (Å²) in [7, 11) is 0. The molecule has 28 heavy (non-hydrogen) atoms. The monoisotopic (exact) mass is 404 g/mol. The second-order valence-electron chi connectivity index (χ2n) is 7.33. The molecule has 7 nitrogen and oxygen atoms in total. The quantitative estimate of drug-likeness (QED) is 0.134. The van der Waals surface area contributed by atoms with Crippen molar-refractivity contribution in [2.24, 2.45) is 0 Å². The van der Waals surface area contributed by atoms with Crippen LogP contribution >= 0.6 is 0 Å². The van der Waals surface area contributed by atoms with Gasteiger partial charge in [0.1, 0.15) is 12.7 Å². The standard InChI is InChI=1S/C21H40O7/c1-2-3-4-8-11-19(25)20(26)14-13-17(23)10-7-5-6-9-12-21(27)28-16-18(24)15-22/h13-14,17-20,22-26H,2-12,15-16H2,1H3/b14-13+/t17?,18-,19?,20?/m1/s1. The van der Waals surface area contributed by atoms with E-state index in [1.807, 2.05) is 0 Å². The second-order valence-corrected chi connectivity index (χ2v) is 7.33. The van der Waals surface area contributed by atoms with Crippen LogP contribution in [-0.4, -0.2) is 69.1 Å². The van der Waals surface area contributed by atoms with E-state index in [4.69, 9.17) is 14.9 Å². The Balaban J connectivity index is 3.71. The highest BCUT2D eigenvalue weighted by atomic mass is 16.5. The first-order valence-electron chi connectivity index (χ1n) is 10.6. The maximum absolute atomic E-state index is 11.4. The van der Waals surface area contributed by atoms with Crippen LogP contribution in [0.25, 0.3) is 0 Å². The molecule has 0 spiro atoms. The Morgan fingerprint density at radius 3 is 2.21 bits per heavy atom. The van der Waals surface area contributed by atoms with E-state index < -0.39 is 37.0 Å². The fourth-order valence-electron chi connectivity index (χ4n) is 2.71. The summed E-state index contributed by atoms with van der Waals surface area (Å²) >= 11 is 0. The molecule has 0 saturated carbocycles. The van der Waals surface area contributed by atoms with E-state index >= 15 is 0 Å². The van der Waals surface area contributed by atoms with Crippen molar-refractivity contribution in [3.63, 3.8) is 0 Å². The van der Waals surface area contributed by atoms with Gasteiger partial charge in [0, 0.05) is 6.42 Å². The van der Waals surface area contributed by atoms with Crippen molar-refractivity contribution in [2.75, 3.05) is 13.2 Å². The average Bonchev–Trinajstić information content (AvgIpc) is 2.69. The van der Waals surface area contributed by atoms with Crippen LogP contribution in [0.3, 0.4) is 0 Å². The van der Waals surface area contributed by atoms with Crippen molar-refractivity contribution >= 4 is 5.97 Å². The van der Waals surface area contributed by atoms with Crippen molar-refractivity contribution in [1.29, 1.82) is 0 Å². The Morgan fingerprint density at radius 1 is 0.893 bits per heavy atom. The number of rotatable bonds is 18. The zero-order valence-electron chi connectivity index (χ0n) is 17.2. The Morgan fingerprint density at radius 2 is 1.54 bits per heavy atom. The number of aliphatic hydroxyl groups excluding tert-OH is 5. The smallest absolute Gasteiger partial charge is 0.305 e. The minimum absolute atomic E-state index is 0.187. The van der Waals surface area contributed by atoms with Gasteiger partial charge >= 0.3 is 5.97 Å². The van der Waals surface area contributed by atoms with E-state index in [1.54, 1.807) is 0 Å². The van der Waals surface area contributed by atoms with Gasteiger partial charge in [-0.3, -0.25) is 4.79 Å². The third-order valence-electron chi connectivity index (χ3n) is 4.56. The summed E-state index contributed by atoms with van der Waals surface area (Å²) in [5, 5.41) is 47.4. The van der Waals surface area contributed by atoms with Crippen LogP contribution in [0.1, 0.15) is 77.6 Å². The SMILES string of the molecule is CCCCCCC(O)C(O)/C=C/C(O)CCCCCCC(=O)OC[C@H](O)CO. The van der Waals surface area contributed by atoms with Gasteiger partial charge in [-0.1, -0.05) is 64.0 Å². The van der Waals surface area contributed by atoms with E-state index in [2.05, 4.69) is 6.92 Å². The molecule has 0 aromatic carbocycles. The lowest BCUT2D eigenvalue weighted by Crippen LogP contribution is -2.24. The van der Waals surface area contributed by atoms with Gasteiger partial charge in [-0.15, -0.1) is 0 Å². The molecule has 0 fully saturated rings. The number of unbranched alkanes of at least 4 members (excludes halogenated alkanes) is 6. The number of hydrogen-bond acceptors (Lipinski definition) is 7. The predicted molar refractivity (Wildman–Crippen MR) is 108 cm³/mol. The molecule has 166 valence electrons. The lowest BCUT2D eigenvalue weighted by atomic mass is 10.0. The van der Waals surface area contributed by atoms with Gasteiger partial charge in [0.2, 0.25) is 0 Å². The van der Waals surface area contributed by atoms with Gasteiger partial charge < -0.3 is 30.3 Å². The number of esters is 1. The number of aliphatic hydroxyl groups is 5. The van der Waals surface area contributed by atoms with Crippen LogP contribution < -0.4 is 0 Å². The molecular formula is C21H40O7. The molecule has 0 bridgehead atoms. The molecule has 0 radical (unpaired) electrons. The maximum Gasteiger partial charge on any atom is 0.305 e. The maximum atomic E-state index is 11.4. The van der Waals surface area contributed by atoms with Crippen LogP contribution in [0.2, 0.25) is 0 Å². The highest BCUT2D eigenvalue weighted by molar-refractivity contribution is 5.69. The minimum Gasteiger partial charge on any atom is -0.463 e. The van der Waals surface area contributed by atoms with Crippen LogP contribution in [0, 0.1) is 0 Å². The summed E-state index contributed by atoms with van der Waals surface area (Å²) < 4.78 is 4.81. The number of carbonyl (C=O) groups is 1. The van der Waals surface area contributed by atoms with Gasteiger partial charge in [0.05, 0.1) is 24.9 Å². The number of hydrogen-bond donors (Lipinski definition) is 5. The molecule has 3 unspecified atom stereocenters. The molecule has 0 amide bonds. The van der Waals surface area contributed by atoms with Gasteiger partial charge in [-0.2, -0.15) is 0 Å². The Bertz CT molecular complexity index is 400. The van der Waals surface area contributed by atoms with Gasteiger partial charge in [0.25, 0.3) is 0 Å². The highest BCUT2D eigenvalue weighted by Gasteiger charge is 2.13. The van der Waals surface area contributed by atoms with Crippen molar-refractivity contribution in [2.45, 2.75) is 102 Å². The normalized spacial score (nSPS) is 16.1. The number of carbonyl (C=O) groups excluding carboxylic acids is 1. The molecular weight excluding hydrogens is 364 g/mol. The third kappa shape index (κ3) is 16.0. The lowest BCUT2D eigenvalue weighted by Gasteiger charge is -2.15. The molecule has 4 atom stereocenters. The van der Waals surface area contributed by atoms with E-state index in [-0.39, 0.29) is 13.0 Å². The molecule has 0 aromatic heterocycles. The van der Waals surface area contributed by atoms with Crippen LogP contribution in [-0.2, 0) is 9.53 Å². The highest BCUT2D eigenvalue weighted by Crippen LogP contribution is 2.11. The van der Waals surface area contributed by atoms with Gasteiger partial charge in [0.15, 0.2) is 0 Å². The molecule has 0 aliphatic rings. The van der Waals surface area contributed by atoms with Crippen molar-refractivity contribution in [3.8, 4) is 0 Å². The summed E-state index contributed by atoms with van der Waals surface area (Å²) in [6, 6.07) is 0. The van der Waals surface area contributed by atoms with Crippen LogP contribution in [0.15, 0.2) is 12.2 Å². The fraction of sp³-hybridized carbons (Fsp3) is 0.857. The fourth-order valence-corrected chi connectivity index (χ4v) is 2.71. The molecule has 0 aliphatic carbocycles. The summed E-state index contributed by atoms with van der Waals surface area (Å²) in [4.78, 5) is 11.4. The Hall–Kier alpha value is -0.990. The van der Waals surface area contributed by atoms with E-state index in [9.17, 15) is 20.1 Å². The number of ether oxygens (including phenoxy) is 1. The first kappa shape index (κ1) is 27.0. The molecule has 0 aliphatic heterocycles. The zero-order chi connectivity index (χ0) is 21.2. The van der Waals surface area contributed by atoms with E-state index in [0.29, 0.717) is 19.3 Å². The molecule has 5 N–H and O–H groups in total. The van der Waals surface area contributed by atoms with Gasteiger partial charge in [-0.25, -0.2) is 0 Å². The van der Waals surface area contributed by atoms with Gasteiger partial charge in [-0.05, 0) is 19.3 Å². The molecule has 0 saturated heterocycles. The Labute approximate surface area is 169 Å². The van der Waals surface area contributed by atoms with Crippen molar-refractivity contribution in [3.05, 3.63) is 12.2 Å². The Kier molecular flexibility index (Phi) is 17.4. The molecule has 0 heterocycles. The zero-order valence-corrected chi connectivity index (χ0v) is 17.2. The largest absolute Gasteiger partial charge is 0.463 e. The van der Waals surface area contributed by atoms with E-state index in [1.165, 1.54) is 12.2 Å². The topological polar surface area (TPSA) is 127 Å². The molecule has 7 heteroatoms. The summed E-state index contributed by atoms with van der Waals surface area (Å²) in [5.74, 6) is -0.391. The summed E-state index contributed by atoms with van der Waals surface area (Å²) in [5.41, 5.74) is 0. The predicted octanol–water partition coefficient (Wildman–Crippen LogP) is 1.83. The average molecular weight is 405 g/mol. The molecule has 0 aromatic rings. The van der Waals surface area contributed by atoms with Crippen LogP contribution in [0.4, 0.5) is 0 Å². The first-order chi connectivity index (χ1) is 13.4. The minimum atomic E-state index is -1.03.